The zero-order valence-electron chi connectivity index (χ0n) is 11.4. The Kier molecular flexibility index (Phi) is 3.60. The number of hydrogen-bond donors (Lipinski definition) is 0. The molecule has 0 amide bonds. The van der Waals surface area contributed by atoms with Crippen LogP contribution < -0.4 is 4.74 Å². The van der Waals surface area contributed by atoms with E-state index in [4.69, 9.17) is 4.74 Å². The summed E-state index contributed by atoms with van der Waals surface area (Å²) in [6.07, 6.45) is 0. The van der Waals surface area contributed by atoms with Crippen molar-refractivity contribution >= 4 is 17.4 Å². The molecule has 0 bridgehead atoms. The van der Waals surface area contributed by atoms with E-state index < -0.39 is 0 Å². The number of methoxy groups -OCH3 is 1. The second-order valence-electron chi connectivity index (χ2n) is 4.51. The van der Waals surface area contributed by atoms with Gasteiger partial charge in [0.25, 0.3) is 0 Å². The highest BCUT2D eigenvalue weighted by Gasteiger charge is 2.09. The fraction of sp³-hybridized carbons (Fsp3) is 0.200. The molecule has 102 valence electrons. The topological polar surface area (TPSA) is 39.4 Å². The summed E-state index contributed by atoms with van der Waals surface area (Å²) >= 11 is 1.63. The van der Waals surface area contributed by atoms with Crippen LogP contribution in [0.2, 0.25) is 0 Å². The first-order chi connectivity index (χ1) is 9.76. The van der Waals surface area contributed by atoms with E-state index in [2.05, 4.69) is 22.2 Å². The molecule has 1 aromatic carbocycles. The van der Waals surface area contributed by atoms with Crippen LogP contribution in [0.3, 0.4) is 0 Å². The van der Waals surface area contributed by atoms with Gasteiger partial charge in [0.05, 0.1) is 7.11 Å². The Hall–Kier alpha value is -2.01. The van der Waals surface area contributed by atoms with Crippen LogP contribution in [0.1, 0.15) is 11.1 Å². The Morgan fingerprint density at radius 3 is 2.75 bits per heavy atom. The molecule has 20 heavy (non-hydrogen) atoms. The molecule has 0 aliphatic rings. The Morgan fingerprint density at radius 1 is 1.20 bits per heavy atom. The van der Waals surface area contributed by atoms with Gasteiger partial charge in [0.15, 0.2) is 5.65 Å². The quantitative estimate of drug-likeness (QED) is 0.689. The second-order valence-corrected chi connectivity index (χ2v) is 5.46. The van der Waals surface area contributed by atoms with Gasteiger partial charge in [-0.1, -0.05) is 42.1 Å². The fourth-order valence-corrected chi connectivity index (χ4v) is 2.78. The minimum atomic E-state index is 0.707. The van der Waals surface area contributed by atoms with Crippen LogP contribution >= 0.6 is 11.8 Å². The summed E-state index contributed by atoms with van der Waals surface area (Å²) in [6, 6.07) is 14.3. The maximum atomic E-state index is 5.34. The zero-order valence-corrected chi connectivity index (χ0v) is 12.2. The van der Waals surface area contributed by atoms with Crippen molar-refractivity contribution in [1.29, 1.82) is 0 Å². The monoisotopic (exact) mass is 285 g/mol. The van der Waals surface area contributed by atoms with Crippen molar-refractivity contribution in [3.05, 3.63) is 53.6 Å². The first-order valence-corrected chi connectivity index (χ1v) is 7.33. The second kappa shape index (κ2) is 5.54. The van der Waals surface area contributed by atoms with Crippen LogP contribution in [0.5, 0.6) is 5.88 Å². The first-order valence-electron chi connectivity index (χ1n) is 6.34. The average Bonchev–Trinajstić information content (AvgIpc) is 2.88. The lowest BCUT2D eigenvalue weighted by Gasteiger charge is -2.02. The van der Waals surface area contributed by atoms with Gasteiger partial charge in [0.2, 0.25) is 11.0 Å². The van der Waals surface area contributed by atoms with Crippen LogP contribution in [0.25, 0.3) is 5.65 Å². The highest BCUT2D eigenvalue weighted by molar-refractivity contribution is 7.98. The third-order valence-corrected chi connectivity index (χ3v) is 3.86. The minimum Gasteiger partial charge on any atom is -0.481 e. The summed E-state index contributed by atoms with van der Waals surface area (Å²) in [5.74, 6) is 1.57. The Morgan fingerprint density at radius 2 is 2.00 bits per heavy atom. The molecule has 0 saturated carbocycles. The van der Waals surface area contributed by atoms with E-state index in [0.717, 1.165) is 22.1 Å². The maximum absolute atomic E-state index is 5.34. The molecule has 0 saturated heterocycles. The number of ether oxygens (including phenoxy) is 1. The maximum Gasteiger partial charge on any atom is 0.216 e. The minimum absolute atomic E-state index is 0.707. The number of nitrogens with zero attached hydrogens (tertiary/aromatic N) is 3. The standard InChI is InChI=1S/C15H15N3OS/c1-11-8-13-16-15(17-18(13)14(9-11)19-2)20-10-12-6-4-3-5-7-12/h3-9H,10H2,1-2H3. The van der Waals surface area contributed by atoms with Crippen LogP contribution in [0, 0.1) is 6.92 Å². The fourth-order valence-electron chi connectivity index (χ4n) is 1.99. The number of aromatic nitrogens is 3. The Labute approximate surface area is 121 Å². The number of fused-ring (bicyclic) bond motifs is 1. The van der Waals surface area contributed by atoms with Gasteiger partial charge in [-0.3, -0.25) is 0 Å². The highest BCUT2D eigenvalue weighted by atomic mass is 32.2. The number of rotatable bonds is 4. The summed E-state index contributed by atoms with van der Waals surface area (Å²) in [5, 5.41) is 5.25. The van der Waals surface area contributed by atoms with E-state index in [1.165, 1.54) is 5.56 Å². The Balaban J connectivity index is 1.86. The van der Waals surface area contributed by atoms with Crippen LogP contribution in [-0.2, 0) is 5.75 Å². The molecule has 0 atom stereocenters. The van der Waals surface area contributed by atoms with Crippen molar-refractivity contribution in [1.82, 2.24) is 14.6 Å². The summed E-state index contributed by atoms with van der Waals surface area (Å²) < 4.78 is 7.07. The number of hydrogen-bond acceptors (Lipinski definition) is 4. The lowest BCUT2D eigenvalue weighted by Crippen LogP contribution is -1.96. The van der Waals surface area contributed by atoms with Gasteiger partial charge in [-0.25, -0.2) is 4.98 Å². The largest absolute Gasteiger partial charge is 0.481 e. The van der Waals surface area contributed by atoms with Crippen molar-refractivity contribution in [2.45, 2.75) is 17.8 Å². The number of thioether (sulfide) groups is 1. The molecule has 0 unspecified atom stereocenters. The molecule has 0 N–H and O–H groups in total. The average molecular weight is 285 g/mol. The van der Waals surface area contributed by atoms with Crippen molar-refractivity contribution in [2.75, 3.05) is 7.11 Å². The van der Waals surface area contributed by atoms with Crippen molar-refractivity contribution in [3.63, 3.8) is 0 Å². The number of aryl methyl sites for hydroxylation is 1. The summed E-state index contributed by atoms with van der Waals surface area (Å²) in [5.41, 5.74) is 3.19. The molecule has 0 aliphatic heterocycles. The molecule has 2 aromatic heterocycles. The highest BCUT2D eigenvalue weighted by Crippen LogP contribution is 2.23. The lowest BCUT2D eigenvalue weighted by molar-refractivity contribution is 0.384. The van der Waals surface area contributed by atoms with Crippen molar-refractivity contribution < 1.29 is 4.74 Å². The Bertz CT molecular complexity index is 725. The summed E-state index contributed by atoms with van der Waals surface area (Å²) in [7, 11) is 1.65. The van der Waals surface area contributed by atoms with Crippen LogP contribution in [0.15, 0.2) is 47.6 Å². The van der Waals surface area contributed by atoms with Gasteiger partial charge < -0.3 is 4.74 Å². The molecule has 0 radical (unpaired) electrons. The van der Waals surface area contributed by atoms with Gasteiger partial charge in [0.1, 0.15) is 0 Å². The van der Waals surface area contributed by atoms with Crippen molar-refractivity contribution in [2.24, 2.45) is 0 Å². The van der Waals surface area contributed by atoms with Crippen LogP contribution in [-0.4, -0.2) is 21.7 Å². The van der Waals surface area contributed by atoms with Gasteiger partial charge in [-0.05, 0) is 24.1 Å². The van der Waals surface area contributed by atoms with Gasteiger partial charge in [-0.15, -0.1) is 5.10 Å². The summed E-state index contributed by atoms with van der Waals surface area (Å²) in [4.78, 5) is 4.53. The van der Waals surface area contributed by atoms with Crippen LogP contribution in [0.4, 0.5) is 0 Å². The normalized spacial score (nSPS) is 10.9. The van der Waals surface area contributed by atoms with Gasteiger partial charge in [-0.2, -0.15) is 4.52 Å². The molecule has 0 spiro atoms. The van der Waals surface area contributed by atoms with E-state index in [1.54, 1.807) is 23.4 Å². The molecule has 0 aliphatic carbocycles. The predicted molar refractivity (Wildman–Crippen MR) is 80.3 cm³/mol. The number of pyridine rings is 1. The lowest BCUT2D eigenvalue weighted by atomic mass is 10.2. The van der Waals surface area contributed by atoms with Gasteiger partial charge >= 0.3 is 0 Å². The smallest absolute Gasteiger partial charge is 0.216 e. The third kappa shape index (κ3) is 2.63. The predicted octanol–water partition coefficient (Wildman–Crippen LogP) is 3.34. The van der Waals surface area contributed by atoms with Gasteiger partial charge in [0, 0.05) is 11.8 Å². The van der Waals surface area contributed by atoms with E-state index in [9.17, 15) is 0 Å². The SMILES string of the molecule is COc1cc(C)cc2nc(SCc3ccccc3)nn12. The number of benzene rings is 1. The van der Waals surface area contributed by atoms with E-state index >= 15 is 0 Å². The van der Waals surface area contributed by atoms with Crippen molar-refractivity contribution in [3.8, 4) is 5.88 Å². The third-order valence-electron chi connectivity index (χ3n) is 2.95. The first kappa shape index (κ1) is 13.0. The van der Waals surface area contributed by atoms with E-state index in [0.29, 0.717) is 5.88 Å². The molecule has 5 heteroatoms. The van der Waals surface area contributed by atoms with E-state index in [-0.39, 0.29) is 0 Å². The summed E-state index contributed by atoms with van der Waals surface area (Å²) in [6.45, 7) is 2.02. The van der Waals surface area contributed by atoms with E-state index in [1.807, 2.05) is 37.3 Å². The molecular weight excluding hydrogens is 270 g/mol. The molecular formula is C15H15N3OS. The molecule has 0 fully saturated rings. The molecule has 3 rings (SSSR count). The molecule has 4 nitrogen and oxygen atoms in total. The zero-order chi connectivity index (χ0) is 13.9. The molecule has 3 aromatic rings. The molecule has 2 heterocycles.